The minimum Gasteiger partial charge on any atom is -0.327 e. The van der Waals surface area contributed by atoms with E-state index in [0.29, 0.717) is 0 Å². The molecule has 2 N–H and O–H groups in total. The smallest absolute Gasteiger partial charge is 0.0948 e. The van der Waals surface area contributed by atoms with Crippen LogP contribution in [0.2, 0.25) is 0 Å². The van der Waals surface area contributed by atoms with Crippen molar-refractivity contribution in [3.8, 4) is 11.3 Å². The highest BCUT2D eigenvalue weighted by Crippen LogP contribution is 2.25. The molecule has 19 heavy (non-hydrogen) atoms. The van der Waals surface area contributed by atoms with Gasteiger partial charge in [-0.05, 0) is 11.8 Å². The Balaban J connectivity index is 2.02. The number of nitrogens with zero attached hydrogens (tertiary/aromatic N) is 1. The van der Waals surface area contributed by atoms with Crippen LogP contribution in [0, 0.1) is 5.41 Å². The second-order valence-electron chi connectivity index (χ2n) is 6.22. The molecule has 1 aromatic heterocycles. The lowest BCUT2D eigenvalue weighted by Crippen LogP contribution is -2.28. The molecule has 0 aliphatic rings. The highest BCUT2D eigenvalue weighted by Gasteiger charge is 2.17. The van der Waals surface area contributed by atoms with Crippen molar-refractivity contribution in [2.45, 2.75) is 39.7 Å². The Hall–Kier alpha value is -1.19. The predicted octanol–water partition coefficient (Wildman–Crippen LogP) is 4.12. The van der Waals surface area contributed by atoms with Gasteiger partial charge in [0.2, 0.25) is 0 Å². The Morgan fingerprint density at radius 3 is 2.53 bits per heavy atom. The fraction of sp³-hybridized carbons (Fsp3) is 0.438. The van der Waals surface area contributed by atoms with Gasteiger partial charge in [0.1, 0.15) is 0 Å². The predicted molar refractivity (Wildman–Crippen MR) is 83.3 cm³/mol. The van der Waals surface area contributed by atoms with E-state index in [0.717, 1.165) is 23.5 Å². The molecule has 2 aromatic rings. The van der Waals surface area contributed by atoms with Crippen molar-refractivity contribution < 1.29 is 0 Å². The van der Waals surface area contributed by atoms with Crippen molar-refractivity contribution in [2.24, 2.45) is 11.1 Å². The molecule has 2 nitrogen and oxygen atoms in total. The lowest BCUT2D eigenvalue weighted by molar-refractivity contribution is 0.338. The van der Waals surface area contributed by atoms with Gasteiger partial charge >= 0.3 is 0 Å². The van der Waals surface area contributed by atoms with Crippen LogP contribution >= 0.6 is 11.3 Å². The summed E-state index contributed by atoms with van der Waals surface area (Å²) in [5, 5.41) is 3.25. The van der Waals surface area contributed by atoms with E-state index in [2.05, 4.69) is 43.3 Å². The van der Waals surface area contributed by atoms with Crippen LogP contribution in [0.1, 0.15) is 32.2 Å². The van der Waals surface area contributed by atoms with Gasteiger partial charge in [0.15, 0.2) is 0 Å². The topological polar surface area (TPSA) is 38.9 Å². The van der Waals surface area contributed by atoms with Crippen molar-refractivity contribution >= 4 is 11.3 Å². The Bertz CT molecular complexity index is 511. The number of hydrogen-bond acceptors (Lipinski definition) is 3. The molecule has 1 atom stereocenters. The van der Waals surface area contributed by atoms with E-state index in [1.54, 1.807) is 11.3 Å². The molecule has 0 radical (unpaired) electrons. The van der Waals surface area contributed by atoms with Crippen molar-refractivity contribution in [3.05, 3.63) is 40.7 Å². The fourth-order valence-corrected chi connectivity index (χ4v) is 3.13. The lowest BCUT2D eigenvalue weighted by Gasteiger charge is -2.22. The molecule has 0 spiro atoms. The number of aromatic nitrogens is 1. The fourth-order valence-electron chi connectivity index (χ4n) is 2.23. The zero-order valence-electron chi connectivity index (χ0n) is 11.9. The van der Waals surface area contributed by atoms with Gasteiger partial charge in [-0.1, -0.05) is 51.1 Å². The van der Waals surface area contributed by atoms with Gasteiger partial charge in [-0.2, -0.15) is 0 Å². The van der Waals surface area contributed by atoms with Crippen LogP contribution in [0.25, 0.3) is 11.3 Å². The number of hydrogen-bond donors (Lipinski definition) is 1. The first-order valence-corrected chi connectivity index (χ1v) is 7.57. The zero-order valence-corrected chi connectivity index (χ0v) is 12.7. The van der Waals surface area contributed by atoms with Crippen LogP contribution in [0.15, 0.2) is 35.7 Å². The van der Waals surface area contributed by atoms with E-state index in [-0.39, 0.29) is 11.5 Å². The maximum absolute atomic E-state index is 6.21. The normalized spacial score (nSPS) is 13.5. The molecule has 1 heterocycles. The largest absolute Gasteiger partial charge is 0.327 e. The molecule has 1 unspecified atom stereocenters. The third-order valence-corrected chi connectivity index (χ3v) is 3.80. The summed E-state index contributed by atoms with van der Waals surface area (Å²) in [7, 11) is 0. The third-order valence-electron chi connectivity index (χ3n) is 2.93. The Morgan fingerprint density at radius 1 is 1.21 bits per heavy atom. The van der Waals surface area contributed by atoms with Crippen molar-refractivity contribution in [3.63, 3.8) is 0 Å². The summed E-state index contributed by atoms with van der Waals surface area (Å²) in [4.78, 5) is 4.69. The van der Waals surface area contributed by atoms with Gasteiger partial charge in [-0.15, -0.1) is 11.3 Å². The van der Waals surface area contributed by atoms with E-state index < -0.39 is 0 Å². The first-order chi connectivity index (χ1) is 8.94. The molecule has 0 fully saturated rings. The van der Waals surface area contributed by atoms with E-state index in [4.69, 9.17) is 5.73 Å². The van der Waals surface area contributed by atoms with Crippen LogP contribution in [-0.4, -0.2) is 11.0 Å². The Morgan fingerprint density at radius 2 is 1.89 bits per heavy atom. The Labute approximate surface area is 119 Å². The van der Waals surface area contributed by atoms with E-state index in [1.807, 2.05) is 18.2 Å². The number of benzene rings is 1. The standard InChI is InChI=1S/C16H22N2S/c1-16(2,3)10-13(17)9-15-18-14(11-19-15)12-7-5-4-6-8-12/h4-8,11,13H,9-10,17H2,1-3H3. The van der Waals surface area contributed by atoms with Gasteiger partial charge < -0.3 is 5.73 Å². The first-order valence-electron chi connectivity index (χ1n) is 6.69. The molecule has 1 aromatic carbocycles. The molecule has 0 saturated carbocycles. The molecular weight excluding hydrogens is 252 g/mol. The molecule has 0 bridgehead atoms. The maximum Gasteiger partial charge on any atom is 0.0948 e. The minimum atomic E-state index is 0.190. The molecule has 0 aliphatic carbocycles. The summed E-state index contributed by atoms with van der Waals surface area (Å²) in [5.74, 6) is 0. The minimum absolute atomic E-state index is 0.190. The summed E-state index contributed by atoms with van der Waals surface area (Å²) in [5.41, 5.74) is 8.72. The van der Waals surface area contributed by atoms with Crippen molar-refractivity contribution in [1.82, 2.24) is 4.98 Å². The average molecular weight is 274 g/mol. The summed E-state index contributed by atoms with van der Waals surface area (Å²) in [6.45, 7) is 6.68. The quantitative estimate of drug-likeness (QED) is 0.911. The molecule has 0 amide bonds. The van der Waals surface area contributed by atoms with E-state index in [9.17, 15) is 0 Å². The van der Waals surface area contributed by atoms with Crippen LogP contribution in [-0.2, 0) is 6.42 Å². The molecule has 3 heteroatoms. The highest BCUT2D eigenvalue weighted by atomic mass is 32.1. The molecule has 2 rings (SSSR count). The van der Waals surface area contributed by atoms with E-state index in [1.165, 1.54) is 5.56 Å². The average Bonchev–Trinajstić information content (AvgIpc) is 2.76. The van der Waals surface area contributed by atoms with Crippen LogP contribution in [0.5, 0.6) is 0 Å². The highest BCUT2D eigenvalue weighted by molar-refractivity contribution is 7.09. The monoisotopic (exact) mass is 274 g/mol. The molecular formula is C16H22N2S. The van der Waals surface area contributed by atoms with Crippen molar-refractivity contribution in [1.29, 1.82) is 0 Å². The Kier molecular flexibility index (Phi) is 4.38. The summed E-state index contributed by atoms with van der Waals surface area (Å²) >= 11 is 1.71. The second kappa shape index (κ2) is 5.85. The maximum atomic E-state index is 6.21. The first kappa shape index (κ1) is 14.2. The number of thiazole rings is 1. The number of nitrogens with two attached hydrogens (primary N) is 1. The van der Waals surface area contributed by atoms with E-state index >= 15 is 0 Å². The van der Waals surface area contributed by atoms with Gasteiger partial charge in [0.05, 0.1) is 10.7 Å². The van der Waals surface area contributed by atoms with Gasteiger partial charge in [-0.25, -0.2) is 4.98 Å². The lowest BCUT2D eigenvalue weighted by atomic mass is 9.87. The van der Waals surface area contributed by atoms with Crippen LogP contribution in [0.3, 0.4) is 0 Å². The van der Waals surface area contributed by atoms with Crippen LogP contribution < -0.4 is 5.73 Å². The van der Waals surface area contributed by atoms with Gasteiger partial charge in [0, 0.05) is 23.4 Å². The van der Waals surface area contributed by atoms with Crippen molar-refractivity contribution in [2.75, 3.05) is 0 Å². The zero-order chi connectivity index (χ0) is 13.9. The summed E-state index contributed by atoms with van der Waals surface area (Å²) in [6.07, 6.45) is 1.89. The van der Waals surface area contributed by atoms with Crippen LogP contribution in [0.4, 0.5) is 0 Å². The third kappa shape index (κ3) is 4.44. The van der Waals surface area contributed by atoms with Gasteiger partial charge in [0.25, 0.3) is 0 Å². The van der Waals surface area contributed by atoms with Gasteiger partial charge in [-0.3, -0.25) is 0 Å². The molecule has 102 valence electrons. The summed E-state index contributed by atoms with van der Waals surface area (Å²) in [6, 6.07) is 10.5. The number of rotatable bonds is 4. The summed E-state index contributed by atoms with van der Waals surface area (Å²) < 4.78 is 0. The molecule has 0 aliphatic heterocycles. The molecule has 0 saturated heterocycles. The SMILES string of the molecule is CC(C)(C)CC(N)Cc1nc(-c2ccccc2)cs1. The second-order valence-corrected chi connectivity index (χ2v) is 7.16.